The molecule has 0 atom stereocenters. The lowest BCUT2D eigenvalue weighted by Gasteiger charge is -2.02. The Kier molecular flexibility index (Phi) is 8.15. The molecule has 6 heteroatoms. The Morgan fingerprint density at radius 1 is 0.387 bits per heavy atom. The number of rotatable bonds is 5. The highest BCUT2D eigenvalue weighted by Crippen LogP contribution is 2.37. The van der Waals surface area contributed by atoms with Crippen LogP contribution in [0.25, 0.3) is 0 Å². The SMILES string of the molecule is Nc1ccc(Cc2ccc(N)cc2)cc1.Nc1ccc(SSc2ccc(N)cc2)cc1. The van der Waals surface area contributed by atoms with E-state index in [1.54, 1.807) is 21.6 Å². The van der Waals surface area contributed by atoms with Gasteiger partial charge in [-0.1, -0.05) is 45.9 Å². The number of nitrogens with two attached hydrogens (primary N) is 4. The van der Waals surface area contributed by atoms with Crippen molar-refractivity contribution in [1.29, 1.82) is 0 Å². The van der Waals surface area contributed by atoms with Gasteiger partial charge in [0.1, 0.15) is 0 Å². The summed E-state index contributed by atoms with van der Waals surface area (Å²) in [5, 5.41) is 0. The van der Waals surface area contributed by atoms with Crippen molar-refractivity contribution in [2.45, 2.75) is 16.2 Å². The molecule has 0 saturated heterocycles. The van der Waals surface area contributed by atoms with Crippen LogP contribution in [0.4, 0.5) is 22.7 Å². The van der Waals surface area contributed by atoms with Gasteiger partial charge >= 0.3 is 0 Å². The van der Waals surface area contributed by atoms with Crippen molar-refractivity contribution >= 4 is 44.3 Å². The van der Waals surface area contributed by atoms with Crippen LogP contribution >= 0.6 is 21.6 Å². The van der Waals surface area contributed by atoms with E-state index in [9.17, 15) is 0 Å². The minimum absolute atomic E-state index is 0.793. The Hall–Kier alpha value is -3.22. The molecule has 0 unspecified atom stereocenters. The normalized spacial score (nSPS) is 10.2. The molecule has 0 fully saturated rings. The topological polar surface area (TPSA) is 104 Å². The molecule has 0 amide bonds. The van der Waals surface area contributed by atoms with Gasteiger partial charge < -0.3 is 22.9 Å². The molecular weight excluding hydrogens is 420 g/mol. The summed E-state index contributed by atoms with van der Waals surface area (Å²) in [6.07, 6.45) is 0.917. The van der Waals surface area contributed by atoms with Crippen molar-refractivity contribution in [2.24, 2.45) is 0 Å². The molecule has 0 aliphatic heterocycles. The number of hydrogen-bond acceptors (Lipinski definition) is 6. The number of anilines is 4. The number of benzene rings is 4. The third kappa shape index (κ3) is 7.85. The zero-order valence-electron chi connectivity index (χ0n) is 17.1. The van der Waals surface area contributed by atoms with Crippen molar-refractivity contribution in [2.75, 3.05) is 22.9 Å². The minimum atomic E-state index is 0.793. The van der Waals surface area contributed by atoms with Crippen LogP contribution in [-0.4, -0.2) is 0 Å². The maximum Gasteiger partial charge on any atom is 0.0314 e. The minimum Gasteiger partial charge on any atom is -0.399 e. The third-order valence-electron chi connectivity index (χ3n) is 4.36. The van der Waals surface area contributed by atoms with E-state index in [-0.39, 0.29) is 0 Å². The maximum absolute atomic E-state index is 5.62. The van der Waals surface area contributed by atoms with Crippen LogP contribution < -0.4 is 22.9 Å². The first kappa shape index (κ1) is 22.5. The Morgan fingerprint density at radius 3 is 0.935 bits per heavy atom. The summed E-state index contributed by atoms with van der Waals surface area (Å²) in [7, 11) is 3.42. The molecule has 0 aliphatic rings. The highest BCUT2D eigenvalue weighted by atomic mass is 33.1. The molecule has 0 saturated carbocycles. The van der Waals surface area contributed by atoms with Crippen LogP contribution in [0.2, 0.25) is 0 Å². The molecule has 4 nitrogen and oxygen atoms in total. The van der Waals surface area contributed by atoms with E-state index < -0.39 is 0 Å². The predicted molar refractivity (Wildman–Crippen MR) is 138 cm³/mol. The van der Waals surface area contributed by atoms with Crippen molar-refractivity contribution in [3.8, 4) is 0 Å². The smallest absolute Gasteiger partial charge is 0.0314 e. The van der Waals surface area contributed by atoms with Crippen LogP contribution in [0.5, 0.6) is 0 Å². The molecule has 0 bridgehead atoms. The van der Waals surface area contributed by atoms with Gasteiger partial charge in [0.05, 0.1) is 0 Å². The van der Waals surface area contributed by atoms with E-state index >= 15 is 0 Å². The third-order valence-corrected chi connectivity index (χ3v) is 6.78. The summed E-state index contributed by atoms with van der Waals surface area (Å²) in [5.74, 6) is 0. The molecule has 0 aliphatic carbocycles. The Bertz CT molecular complexity index is 974. The molecule has 31 heavy (non-hydrogen) atoms. The van der Waals surface area contributed by atoms with E-state index in [0.717, 1.165) is 29.2 Å². The first-order valence-corrected chi connectivity index (χ1v) is 11.9. The van der Waals surface area contributed by atoms with E-state index in [1.165, 1.54) is 20.9 Å². The fraction of sp³-hybridized carbons (Fsp3) is 0.0400. The quantitative estimate of drug-likeness (QED) is 0.218. The second-order valence-electron chi connectivity index (χ2n) is 6.96. The molecule has 0 aromatic heterocycles. The molecule has 158 valence electrons. The zero-order valence-corrected chi connectivity index (χ0v) is 18.7. The molecule has 4 aromatic rings. The molecular formula is C25H26N4S2. The fourth-order valence-corrected chi connectivity index (χ4v) is 4.58. The van der Waals surface area contributed by atoms with Crippen LogP contribution in [0.15, 0.2) is 107 Å². The summed E-state index contributed by atoms with van der Waals surface area (Å²) in [6, 6.07) is 31.6. The molecule has 0 radical (unpaired) electrons. The van der Waals surface area contributed by atoms with Crippen molar-refractivity contribution < 1.29 is 0 Å². The van der Waals surface area contributed by atoms with Crippen molar-refractivity contribution in [1.82, 2.24) is 0 Å². The average Bonchev–Trinajstić information content (AvgIpc) is 2.78. The monoisotopic (exact) mass is 446 g/mol. The first-order chi connectivity index (χ1) is 15.0. The van der Waals surface area contributed by atoms with Gasteiger partial charge in [0.25, 0.3) is 0 Å². The molecule has 0 spiro atoms. The second kappa shape index (κ2) is 11.2. The van der Waals surface area contributed by atoms with Gasteiger partial charge in [0.2, 0.25) is 0 Å². The summed E-state index contributed by atoms with van der Waals surface area (Å²) in [4.78, 5) is 2.38. The summed E-state index contributed by atoms with van der Waals surface area (Å²) in [6.45, 7) is 0. The van der Waals surface area contributed by atoms with E-state index in [2.05, 4.69) is 0 Å². The van der Waals surface area contributed by atoms with Gasteiger partial charge in [-0.2, -0.15) is 0 Å². The molecule has 4 aromatic carbocycles. The standard InChI is InChI=1S/C13H14N2.C12H12N2S2/c14-12-5-1-10(2-6-12)9-11-3-7-13(15)8-4-11;13-9-1-5-11(6-2-9)15-16-12-7-3-10(14)4-8-12/h1-8H,9,14-15H2;1-8H,13-14H2. The van der Waals surface area contributed by atoms with Crippen LogP contribution in [0.3, 0.4) is 0 Å². The second-order valence-corrected chi connectivity index (χ2v) is 9.24. The van der Waals surface area contributed by atoms with Crippen molar-refractivity contribution in [3.63, 3.8) is 0 Å². The summed E-state index contributed by atoms with van der Waals surface area (Å²) >= 11 is 0. The fourth-order valence-electron chi connectivity index (χ4n) is 2.65. The highest BCUT2D eigenvalue weighted by Gasteiger charge is 1.98. The zero-order chi connectivity index (χ0) is 22.1. The lowest BCUT2D eigenvalue weighted by Crippen LogP contribution is -1.90. The van der Waals surface area contributed by atoms with Gasteiger partial charge in [-0.3, -0.25) is 0 Å². The van der Waals surface area contributed by atoms with E-state index in [4.69, 9.17) is 22.9 Å². The van der Waals surface area contributed by atoms with Gasteiger partial charge in [-0.05, 0) is 90.3 Å². The Balaban J connectivity index is 0.000000176. The van der Waals surface area contributed by atoms with Crippen molar-refractivity contribution in [3.05, 3.63) is 108 Å². The van der Waals surface area contributed by atoms with E-state index in [1.807, 2.05) is 97.1 Å². The Labute approximate surface area is 191 Å². The number of hydrogen-bond donors (Lipinski definition) is 4. The summed E-state index contributed by atoms with van der Waals surface area (Å²) in [5.41, 5.74) is 28.2. The average molecular weight is 447 g/mol. The largest absolute Gasteiger partial charge is 0.399 e. The first-order valence-electron chi connectivity index (χ1n) is 9.72. The van der Waals surface area contributed by atoms with Crippen LogP contribution in [0, 0.1) is 0 Å². The summed E-state index contributed by atoms with van der Waals surface area (Å²) < 4.78 is 0. The maximum atomic E-state index is 5.62. The van der Waals surface area contributed by atoms with Crippen LogP contribution in [0.1, 0.15) is 11.1 Å². The van der Waals surface area contributed by atoms with Crippen LogP contribution in [-0.2, 0) is 6.42 Å². The highest BCUT2D eigenvalue weighted by molar-refractivity contribution is 8.76. The van der Waals surface area contributed by atoms with Gasteiger partial charge in [0.15, 0.2) is 0 Å². The Morgan fingerprint density at radius 2 is 0.645 bits per heavy atom. The van der Waals surface area contributed by atoms with Gasteiger partial charge in [-0.15, -0.1) is 0 Å². The van der Waals surface area contributed by atoms with E-state index in [0.29, 0.717) is 0 Å². The molecule has 0 heterocycles. The van der Waals surface area contributed by atoms with Gasteiger partial charge in [-0.25, -0.2) is 0 Å². The molecule has 8 N–H and O–H groups in total. The molecule has 4 rings (SSSR count). The predicted octanol–water partition coefficient (Wildman–Crippen LogP) is 6.09. The van der Waals surface area contributed by atoms with Gasteiger partial charge in [0, 0.05) is 32.5 Å². The number of nitrogen functional groups attached to an aromatic ring is 4. The lowest BCUT2D eigenvalue weighted by atomic mass is 10.0. The lowest BCUT2D eigenvalue weighted by molar-refractivity contribution is 1.19.